The molecule has 5 nitrogen and oxygen atoms in total. The fourth-order valence-electron chi connectivity index (χ4n) is 2.31. The fraction of sp³-hybridized carbons (Fsp3) is 0.316. The maximum absolute atomic E-state index is 13.7. The number of aliphatic imine (C=N–C) groups is 1. The van der Waals surface area contributed by atoms with Gasteiger partial charge in [-0.3, -0.25) is 0 Å². The summed E-state index contributed by atoms with van der Waals surface area (Å²) in [6, 6.07) is 12.3. The van der Waals surface area contributed by atoms with Crippen LogP contribution in [0.5, 0.6) is 11.5 Å². The number of halogens is 2. The molecule has 0 saturated carbocycles. The third-order valence-electron chi connectivity index (χ3n) is 3.65. The fourth-order valence-corrected chi connectivity index (χ4v) is 2.31. The third-order valence-corrected chi connectivity index (χ3v) is 3.65. The Morgan fingerprint density at radius 2 is 1.81 bits per heavy atom. The lowest BCUT2D eigenvalue weighted by Gasteiger charge is -2.13. The van der Waals surface area contributed by atoms with E-state index < -0.39 is 0 Å². The lowest BCUT2D eigenvalue weighted by molar-refractivity contribution is 0.391. The van der Waals surface area contributed by atoms with E-state index in [2.05, 4.69) is 15.6 Å². The highest BCUT2D eigenvalue weighted by Crippen LogP contribution is 2.25. The number of nitrogens with one attached hydrogen (secondary N) is 2. The van der Waals surface area contributed by atoms with Crippen molar-refractivity contribution < 1.29 is 13.9 Å². The van der Waals surface area contributed by atoms with E-state index in [4.69, 9.17) is 9.47 Å². The lowest BCUT2D eigenvalue weighted by Crippen LogP contribution is -2.37. The van der Waals surface area contributed by atoms with Crippen molar-refractivity contribution in [2.24, 2.45) is 4.99 Å². The Bertz CT molecular complexity index is 726. The van der Waals surface area contributed by atoms with Gasteiger partial charge in [0.2, 0.25) is 0 Å². The maximum Gasteiger partial charge on any atom is 0.191 e. The molecule has 0 amide bonds. The summed E-state index contributed by atoms with van der Waals surface area (Å²) in [4.78, 5) is 4.54. The molecule has 2 aromatic carbocycles. The molecular weight excluding hydrogens is 448 g/mol. The first kappa shape index (κ1) is 22.0. The molecule has 0 saturated heterocycles. The van der Waals surface area contributed by atoms with E-state index in [1.807, 2.05) is 31.2 Å². The molecule has 0 radical (unpaired) electrons. The van der Waals surface area contributed by atoms with Crippen LogP contribution in [0, 0.1) is 5.82 Å². The highest BCUT2D eigenvalue weighted by atomic mass is 127. The van der Waals surface area contributed by atoms with Crippen molar-refractivity contribution in [1.82, 2.24) is 10.6 Å². The normalized spacial score (nSPS) is 10.7. The predicted octanol–water partition coefficient (Wildman–Crippen LogP) is 3.72. The summed E-state index contributed by atoms with van der Waals surface area (Å²) in [6.07, 6.45) is 0. The molecule has 0 aliphatic carbocycles. The number of ether oxygens (including phenoxy) is 2. The van der Waals surface area contributed by atoms with Gasteiger partial charge in [-0.2, -0.15) is 0 Å². The minimum Gasteiger partial charge on any atom is -0.497 e. The monoisotopic (exact) mass is 473 g/mol. The highest BCUT2D eigenvalue weighted by molar-refractivity contribution is 14.0. The summed E-state index contributed by atoms with van der Waals surface area (Å²) in [6.45, 7) is 3.48. The first-order valence-corrected chi connectivity index (χ1v) is 8.14. The topological polar surface area (TPSA) is 54.9 Å². The predicted molar refractivity (Wildman–Crippen MR) is 113 cm³/mol. The van der Waals surface area contributed by atoms with Gasteiger partial charge in [0.25, 0.3) is 0 Å². The SMILES string of the molecule is CCNC(=NCc1ccc(OC)cc1OC)NCc1ccccc1F.I. The van der Waals surface area contributed by atoms with Crippen molar-refractivity contribution in [3.8, 4) is 11.5 Å². The van der Waals surface area contributed by atoms with Crippen LogP contribution in [0.25, 0.3) is 0 Å². The summed E-state index contributed by atoms with van der Waals surface area (Å²) in [7, 11) is 3.23. The van der Waals surface area contributed by atoms with Crippen molar-refractivity contribution in [1.29, 1.82) is 0 Å². The standard InChI is InChI=1S/C19H24FN3O2.HI/c1-4-21-19(22-12-14-7-5-6-8-17(14)20)23-13-15-9-10-16(24-2)11-18(15)25-3;/h5-11H,4,12-13H2,1-3H3,(H2,21,22,23);1H. The second-order valence-corrected chi connectivity index (χ2v) is 5.32. The summed E-state index contributed by atoms with van der Waals surface area (Å²) < 4.78 is 24.3. The van der Waals surface area contributed by atoms with Gasteiger partial charge >= 0.3 is 0 Å². The summed E-state index contributed by atoms with van der Waals surface area (Å²) >= 11 is 0. The van der Waals surface area contributed by atoms with Gasteiger partial charge < -0.3 is 20.1 Å². The number of methoxy groups -OCH3 is 2. The van der Waals surface area contributed by atoms with Crippen LogP contribution >= 0.6 is 24.0 Å². The van der Waals surface area contributed by atoms with E-state index in [9.17, 15) is 4.39 Å². The Morgan fingerprint density at radius 3 is 2.46 bits per heavy atom. The van der Waals surface area contributed by atoms with Crippen LogP contribution < -0.4 is 20.1 Å². The van der Waals surface area contributed by atoms with Crippen LogP contribution in [0.4, 0.5) is 4.39 Å². The molecule has 2 N–H and O–H groups in total. The van der Waals surface area contributed by atoms with E-state index >= 15 is 0 Å². The van der Waals surface area contributed by atoms with E-state index in [0.717, 1.165) is 11.3 Å². The van der Waals surface area contributed by atoms with E-state index in [0.29, 0.717) is 36.9 Å². The van der Waals surface area contributed by atoms with Crippen molar-refractivity contribution in [3.05, 3.63) is 59.4 Å². The average Bonchev–Trinajstić information content (AvgIpc) is 2.65. The van der Waals surface area contributed by atoms with Crippen LogP contribution in [0.1, 0.15) is 18.1 Å². The van der Waals surface area contributed by atoms with Gasteiger partial charge in [-0.15, -0.1) is 24.0 Å². The smallest absolute Gasteiger partial charge is 0.191 e. The Kier molecular flexibility index (Phi) is 9.79. The number of nitrogens with zero attached hydrogens (tertiary/aromatic N) is 1. The Balaban J connectivity index is 0.00000338. The Labute approximate surface area is 171 Å². The Morgan fingerprint density at radius 1 is 1.04 bits per heavy atom. The molecule has 0 aliphatic heterocycles. The molecule has 7 heteroatoms. The molecule has 0 spiro atoms. The molecule has 0 bridgehead atoms. The molecule has 26 heavy (non-hydrogen) atoms. The van der Waals surface area contributed by atoms with Crippen LogP contribution in [0.2, 0.25) is 0 Å². The zero-order valence-electron chi connectivity index (χ0n) is 15.2. The second-order valence-electron chi connectivity index (χ2n) is 5.32. The van der Waals surface area contributed by atoms with Gasteiger partial charge in [-0.1, -0.05) is 18.2 Å². The quantitative estimate of drug-likeness (QED) is 0.366. The van der Waals surface area contributed by atoms with Gasteiger partial charge in [-0.05, 0) is 25.1 Å². The Hall–Kier alpha value is -2.03. The zero-order valence-corrected chi connectivity index (χ0v) is 17.5. The molecule has 0 unspecified atom stereocenters. The van der Waals surface area contributed by atoms with Gasteiger partial charge in [0.05, 0.1) is 20.8 Å². The second kappa shape index (κ2) is 11.6. The molecule has 142 valence electrons. The maximum atomic E-state index is 13.7. The van der Waals surface area contributed by atoms with Crippen molar-refractivity contribution in [3.63, 3.8) is 0 Å². The van der Waals surface area contributed by atoms with E-state index in [-0.39, 0.29) is 29.8 Å². The number of hydrogen-bond acceptors (Lipinski definition) is 3. The number of benzene rings is 2. The minimum atomic E-state index is -0.234. The molecule has 0 heterocycles. The van der Waals surface area contributed by atoms with Crippen LogP contribution in [-0.2, 0) is 13.1 Å². The first-order chi connectivity index (χ1) is 12.2. The summed E-state index contributed by atoms with van der Waals surface area (Å²) in [5.74, 6) is 1.83. The van der Waals surface area contributed by atoms with E-state index in [1.54, 1.807) is 26.4 Å². The van der Waals surface area contributed by atoms with Crippen molar-refractivity contribution in [2.45, 2.75) is 20.0 Å². The van der Waals surface area contributed by atoms with Crippen molar-refractivity contribution in [2.75, 3.05) is 20.8 Å². The molecule has 0 aromatic heterocycles. The van der Waals surface area contributed by atoms with Crippen molar-refractivity contribution >= 4 is 29.9 Å². The lowest BCUT2D eigenvalue weighted by atomic mass is 10.2. The minimum absolute atomic E-state index is 0. The van der Waals surface area contributed by atoms with Gasteiger partial charge in [0.15, 0.2) is 5.96 Å². The molecule has 0 aliphatic rings. The highest BCUT2D eigenvalue weighted by Gasteiger charge is 2.06. The van der Waals surface area contributed by atoms with Crippen LogP contribution in [0.15, 0.2) is 47.5 Å². The molecule has 0 fully saturated rings. The van der Waals surface area contributed by atoms with Gasteiger partial charge in [0, 0.05) is 30.3 Å². The summed E-state index contributed by atoms with van der Waals surface area (Å²) in [5.41, 5.74) is 1.53. The van der Waals surface area contributed by atoms with Crippen LogP contribution in [0.3, 0.4) is 0 Å². The summed E-state index contributed by atoms with van der Waals surface area (Å²) in [5, 5.41) is 6.29. The van der Waals surface area contributed by atoms with Crippen LogP contribution in [-0.4, -0.2) is 26.7 Å². The third kappa shape index (κ3) is 6.36. The number of rotatable bonds is 7. The number of hydrogen-bond donors (Lipinski definition) is 2. The zero-order chi connectivity index (χ0) is 18.1. The molecule has 0 atom stereocenters. The number of guanidine groups is 1. The molecule has 2 aromatic rings. The molecule has 2 rings (SSSR count). The van der Waals surface area contributed by atoms with Gasteiger partial charge in [0.1, 0.15) is 17.3 Å². The van der Waals surface area contributed by atoms with Gasteiger partial charge in [-0.25, -0.2) is 9.38 Å². The largest absolute Gasteiger partial charge is 0.497 e. The van der Waals surface area contributed by atoms with E-state index in [1.165, 1.54) is 6.07 Å². The molecular formula is C19H25FIN3O2. The first-order valence-electron chi connectivity index (χ1n) is 8.14. The average molecular weight is 473 g/mol.